The fraction of sp³-hybridized carbons (Fsp3) is 0.278. The van der Waals surface area contributed by atoms with Crippen LogP contribution in [0.5, 0.6) is 0 Å². The zero-order valence-electron chi connectivity index (χ0n) is 13.6. The highest BCUT2D eigenvalue weighted by atomic mass is 35.5. The van der Waals surface area contributed by atoms with Gasteiger partial charge in [-0.1, -0.05) is 42.5 Å². The molecule has 0 saturated carbocycles. The summed E-state index contributed by atoms with van der Waals surface area (Å²) < 4.78 is 38.3. The SMILES string of the molecule is CC(NC(=O)C(N)Cc1ccccc1)c1cccc(C(F)(F)F)c1.Cl. The lowest BCUT2D eigenvalue weighted by atomic mass is 10.0. The van der Waals surface area contributed by atoms with E-state index in [1.807, 2.05) is 30.3 Å². The Bertz CT molecular complexity index is 692. The molecule has 2 rings (SSSR count). The van der Waals surface area contributed by atoms with E-state index in [0.29, 0.717) is 12.0 Å². The van der Waals surface area contributed by atoms with Gasteiger partial charge in [0.25, 0.3) is 0 Å². The average Bonchev–Trinajstić information content (AvgIpc) is 2.55. The average molecular weight is 373 g/mol. The van der Waals surface area contributed by atoms with E-state index < -0.39 is 29.7 Å². The number of hydrogen-bond acceptors (Lipinski definition) is 2. The molecular formula is C18H20ClF3N2O. The molecule has 136 valence electrons. The fourth-order valence-corrected chi connectivity index (χ4v) is 2.35. The quantitative estimate of drug-likeness (QED) is 0.837. The Morgan fingerprint density at radius 3 is 2.36 bits per heavy atom. The van der Waals surface area contributed by atoms with Crippen LogP contribution in [0.3, 0.4) is 0 Å². The number of rotatable bonds is 5. The molecule has 2 atom stereocenters. The highest BCUT2D eigenvalue weighted by molar-refractivity contribution is 5.85. The number of hydrogen-bond donors (Lipinski definition) is 2. The largest absolute Gasteiger partial charge is 0.416 e. The van der Waals surface area contributed by atoms with Crippen LogP contribution in [0.25, 0.3) is 0 Å². The van der Waals surface area contributed by atoms with Crippen molar-refractivity contribution in [2.24, 2.45) is 5.73 Å². The normalized spacial score (nSPS) is 13.5. The van der Waals surface area contributed by atoms with Gasteiger partial charge < -0.3 is 11.1 Å². The topological polar surface area (TPSA) is 55.1 Å². The summed E-state index contributed by atoms with van der Waals surface area (Å²) in [5, 5.41) is 2.66. The molecule has 0 aliphatic heterocycles. The van der Waals surface area contributed by atoms with Gasteiger partial charge in [0.05, 0.1) is 17.6 Å². The molecule has 0 aliphatic carbocycles. The number of benzene rings is 2. The van der Waals surface area contributed by atoms with Crippen molar-refractivity contribution in [3.63, 3.8) is 0 Å². The van der Waals surface area contributed by atoms with Crippen LogP contribution in [0, 0.1) is 0 Å². The highest BCUT2D eigenvalue weighted by Gasteiger charge is 2.30. The third kappa shape index (κ3) is 6.07. The van der Waals surface area contributed by atoms with Crippen molar-refractivity contribution in [3.05, 3.63) is 71.3 Å². The molecule has 2 aromatic rings. The Labute approximate surface area is 150 Å². The number of nitrogens with one attached hydrogen (secondary N) is 1. The Kier molecular flexibility index (Phi) is 7.45. The van der Waals surface area contributed by atoms with Gasteiger partial charge in [-0.15, -0.1) is 12.4 Å². The number of halogens is 4. The Balaban J connectivity index is 0.00000312. The predicted octanol–water partition coefficient (Wildman–Crippen LogP) is 3.87. The first-order chi connectivity index (χ1) is 11.3. The summed E-state index contributed by atoms with van der Waals surface area (Å²) in [6.07, 6.45) is -4.05. The number of carbonyl (C=O) groups excluding carboxylic acids is 1. The molecule has 25 heavy (non-hydrogen) atoms. The Morgan fingerprint density at radius 1 is 1.12 bits per heavy atom. The van der Waals surface area contributed by atoms with Crippen LogP contribution in [-0.4, -0.2) is 11.9 Å². The maximum atomic E-state index is 12.8. The van der Waals surface area contributed by atoms with E-state index >= 15 is 0 Å². The molecule has 0 heterocycles. The van der Waals surface area contributed by atoms with E-state index in [9.17, 15) is 18.0 Å². The minimum Gasteiger partial charge on any atom is -0.348 e. The van der Waals surface area contributed by atoms with Gasteiger partial charge in [0.2, 0.25) is 5.91 Å². The second-order valence-electron chi connectivity index (χ2n) is 5.65. The second-order valence-corrected chi connectivity index (χ2v) is 5.65. The summed E-state index contributed by atoms with van der Waals surface area (Å²) in [7, 11) is 0. The molecule has 0 radical (unpaired) electrons. The van der Waals surface area contributed by atoms with E-state index in [1.54, 1.807) is 13.0 Å². The summed E-state index contributed by atoms with van der Waals surface area (Å²) in [6, 6.07) is 12.9. The predicted molar refractivity (Wildman–Crippen MR) is 93.4 cm³/mol. The van der Waals surface area contributed by atoms with Crippen molar-refractivity contribution in [1.29, 1.82) is 0 Å². The summed E-state index contributed by atoms with van der Waals surface area (Å²) in [5.74, 6) is -0.399. The van der Waals surface area contributed by atoms with Crippen LogP contribution in [-0.2, 0) is 17.4 Å². The first-order valence-corrected chi connectivity index (χ1v) is 7.54. The highest BCUT2D eigenvalue weighted by Crippen LogP contribution is 2.30. The van der Waals surface area contributed by atoms with Crippen molar-refractivity contribution in [1.82, 2.24) is 5.32 Å². The molecule has 0 bridgehead atoms. The molecular weight excluding hydrogens is 353 g/mol. The van der Waals surface area contributed by atoms with Crippen molar-refractivity contribution in [2.75, 3.05) is 0 Å². The van der Waals surface area contributed by atoms with Crippen LogP contribution in [0.2, 0.25) is 0 Å². The van der Waals surface area contributed by atoms with E-state index in [0.717, 1.165) is 17.7 Å². The third-order valence-electron chi connectivity index (χ3n) is 3.71. The van der Waals surface area contributed by atoms with Crippen LogP contribution in [0.15, 0.2) is 54.6 Å². The van der Waals surface area contributed by atoms with Crippen molar-refractivity contribution in [3.8, 4) is 0 Å². The van der Waals surface area contributed by atoms with Crippen LogP contribution < -0.4 is 11.1 Å². The Morgan fingerprint density at radius 2 is 1.76 bits per heavy atom. The summed E-state index contributed by atoms with van der Waals surface area (Å²) in [4.78, 5) is 12.2. The van der Waals surface area contributed by atoms with E-state index in [-0.39, 0.29) is 12.4 Å². The monoisotopic (exact) mass is 372 g/mol. The van der Waals surface area contributed by atoms with E-state index in [2.05, 4.69) is 5.32 Å². The number of carbonyl (C=O) groups is 1. The zero-order valence-corrected chi connectivity index (χ0v) is 14.4. The van der Waals surface area contributed by atoms with Crippen LogP contribution >= 0.6 is 12.4 Å². The summed E-state index contributed by atoms with van der Waals surface area (Å²) >= 11 is 0. The standard InChI is InChI=1S/C18H19F3N2O.ClH/c1-12(14-8-5-9-15(11-14)18(19,20)21)23-17(24)16(22)10-13-6-3-2-4-7-13;/h2-9,11-12,16H,10,22H2,1H3,(H,23,24);1H. The summed E-state index contributed by atoms with van der Waals surface area (Å²) in [5.41, 5.74) is 6.44. The number of nitrogens with two attached hydrogens (primary N) is 1. The minimum atomic E-state index is -4.41. The second kappa shape index (κ2) is 8.87. The lowest BCUT2D eigenvalue weighted by molar-refractivity contribution is -0.137. The van der Waals surface area contributed by atoms with Gasteiger partial charge in [-0.05, 0) is 36.6 Å². The molecule has 0 saturated heterocycles. The maximum Gasteiger partial charge on any atom is 0.416 e. The number of amides is 1. The lowest BCUT2D eigenvalue weighted by Crippen LogP contribution is -2.43. The molecule has 0 aromatic heterocycles. The summed E-state index contributed by atoms with van der Waals surface area (Å²) in [6.45, 7) is 1.63. The maximum absolute atomic E-state index is 12.8. The fourth-order valence-electron chi connectivity index (χ4n) is 2.35. The zero-order chi connectivity index (χ0) is 17.7. The van der Waals surface area contributed by atoms with Gasteiger partial charge >= 0.3 is 6.18 Å². The van der Waals surface area contributed by atoms with Crippen molar-refractivity contribution >= 4 is 18.3 Å². The van der Waals surface area contributed by atoms with E-state index in [1.165, 1.54) is 6.07 Å². The van der Waals surface area contributed by atoms with Gasteiger partial charge in [-0.25, -0.2) is 0 Å². The smallest absolute Gasteiger partial charge is 0.348 e. The Hall–Kier alpha value is -2.05. The molecule has 0 spiro atoms. The van der Waals surface area contributed by atoms with Crippen LogP contribution in [0.4, 0.5) is 13.2 Å². The molecule has 3 N–H and O–H groups in total. The minimum absolute atomic E-state index is 0. The number of alkyl halides is 3. The van der Waals surface area contributed by atoms with Crippen molar-refractivity contribution < 1.29 is 18.0 Å². The lowest BCUT2D eigenvalue weighted by Gasteiger charge is -2.19. The first-order valence-electron chi connectivity index (χ1n) is 7.54. The van der Waals surface area contributed by atoms with Gasteiger partial charge in [0.15, 0.2) is 0 Å². The van der Waals surface area contributed by atoms with E-state index in [4.69, 9.17) is 5.73 Å². The molecule has 1 amide bonds. The molecule has 0 aliphatic rings. The van der Waals surface area contributed by atoms with Gasteiger partial charge in [-0.2, -0.15) is 13.2 Å². The van der Waals surface area contributed by atoms with Gasteiger partial charge in [-0.3, -0.25) is 4.79 Å². The van der Waals surface area contributed by atoms with Crippen LogP contribution in [0.1, 0.15) is 29.7 Å². The third-order valence-corrected chi connectivity index (χ3v) is 3.71. The molecule has 3 nitrogen and oxygen atoms in total. The first kappa shape index (κ1) is 21.0. The molecule has 2 aromatic carbocycles. The molecule has 7 heteroatoms. The van der Waals surface area contributed by atoms with Gasteiger partial charge in [0.1, 0.15) is 0 Å². The van der Waals surface area contributed by atoms with Gasteiger partial charge in [0, 0.05) is 0 Å². The van der Waals surface area contributed by atoms with Crippen molar-refractivity contribution in [2.45, 2.75) is 31.6 Å². The molecule has 0 fully saturated rings. The molecule has 2 unspecified atom stereocenters.